The Morgan fingerprint density at radius 1 is 1.13 bits per heavy atom. The van der Waals surface area contributed by atoms with Gasteiger partial charge < -0.3 is 0 Å². The van der Waals surface area contributed by atoms with Crippen molar-refractivity contribution in [2.24, 2.45) is 0 Å². The van der Waals surface area contributed by atoms with Crippen molar-refractivity contribution in [2.75, 3.05) is 0 Å². The molecule has 0 atom stereocenters. The lowest BCUT2D eigenvalue weighted by atomic mass is 9.99. The van der Waals surface area contributed by atoms with Gasteiger partial charge in [0.25, 0.3) is 0 Å². The van der Waals surface area contributed by atoms with Crippen LogP contribution < -0.4 is 0 Å². The normalized spacial score (nSPS) is 11.0. The number of aromatic nitrogens is 3. The van der Waals surface area contributed by atoms with E-state index in [2.05, 4.69) is 18.9 Å². The van der Waals surface area contributed by atoms with Crippen LogP contribution in [0.4, 0.5) is 4.39 Å². The molecule has 0 aliphatic heterocycles. The molecular formula is C19H24FN3. The first-order chi connectivity index (χ1) is 10.5. The van der Waals surface area contributed by atoms with E-state index in [1.807, 2.05) is 36.6 Å². The van der Waals surface area contributed by atoms with Crippen molar-refractivity contribution in [3.05, 3.63) is 64.4 Å². The van der Waals surface area contributed by atoms with Crippen LogP contribution in [0.3, 0.4) is 0 Å². The SMILES string of the molecule is C.Cc1ccc2nc(C(C)C)c(Cc3cccc(F)c3C)n2n1. The molecule has 23 heavy (non-hydrogen) atoms. The van der Waals surface area contributed by atoms with E-state index in [4.69, 9.17) is 4.98 Å². The second-order valence-electron chi connectivity index (χ2n) is 6.04. The average Bonchev–Trinajstić information content (AvgIpc) is 2.82. The van der Waals surface area contributed by atoms with Gasteiger partial charge in [0.2, 0.25) is 0 Å². The summed E-state index contributed by atoms with van der Waals surface area (Å²) < 4.78 is 15.7. The first kappa shape index (κ1) is 17.1. The van der Waals surface area contributed by atoms with Crippen molar-refractivity contribution in [2.45, 2.75) is 47.5 Å². The lowest BCUT2D eigenvalue weighted by Gasteiger charge is -2.10. The number of imidazole rings is 1. The average molecular weight is 313 g/mol. The van der Waals surface area contributed by atoms with Gasteiger partial charge in [0.05, 0.1) is 17.1 Å². The predicted molar refractivity (Wildman–Crippen MR) is 92.5 cm³/mol. The molecule has 0 spiro atoms. The topological polar surface area (TPSA) is 30.2 Å². The van der Waals surface area contributed by atoms with E-state index in [9.17, 15) is 4.39 Å². The molecule has 0 aliphatic rings. The number of halogens is 1. The highest BCUT2D eigenvalue weighted by Crippen LogP contribution is 2.24. The number of hydrogen-bond donors (Lipinski definition) is 0. The highest BCUT2D eigenvalue weighted by molar-refractivity contribution is 5.45. The minimum atomic E-state index is -0.165. The van der Waals surface area contributed by atoms with Crippen LogP contribution in [0, 0.1) is 19.7 Å². The first-order valence-corrected chi connectivity index (χ1v) is 7.56. The van der Waals surface area contributed by atoms with Crippen LogP contribution in [-0.2, 0) is 6.42 Å². The monoisotopic (exact) mass is 313 g/mol. The van der Waals surface area contributed by atoms with E-state index in [0.717, 1.165) is 28.3 Å². The lowest BCUT2D eigenvalue weighted by molar-refractivity contribution is 0.615. The van der Waals surface area contributed by atoms with Crippen LogP contribution in [0.1, 0.15) is 55.4 Å². The smallest absolute Gasteiger partial charge is 0.154 e. The fourth-order valence-corrected chi connectivity index (χ4v) is 2.74. The molecule has 2 aromatic heterocycles. The summed E-state index contributed by atoms with van der Waals surface area (Å²) in [7, 11) is 0. The Bertz CT molecular complexity index is 834. The van der Waals surface area contributed by atoms with Crippen molar-refractivity contribution in [3.63, 3.8) is 0 Å². The van der Waals surface area contributed by atoms with E-state index in [-0.39, 0.29) is 13.2 Å². The van der Waals surface area contributed by atoms with Crippen molar-refractivity contribution in [1.82, 2.24) is 14.6 Å². The first-order valence-electron chi connectivity index (χ1n) is 7.56. The molecule has 122 valence electrons. The Hall–Kier alpha value is -2.23. The van der Waals surface area contributed by atoms with Gasteiger partial charge in [-0.25, -0.2) is 13.9 Å². The number of benzene rings is 1. The van der Waals surface area contributed by atoms with Gasteiger partial charge in [0.15, 0.2) is 5.65 Å². The molecule has 2 heterocycles. The number of fused-ring (bicyclic) bond motifs is 1. The Labute approximate surface area is 137 Å². The minimum absolute atomic E-state index is 0. The molecule has 0 saturated heterocycles. The second kappa shape index (κ2) is 6.49. The maximum atomic E-state index is 13.8. The van der Waals surface area contributed by atoms with E-state index < -0.39 is 0 Å². The zero-order valence-electron chi connectivity index (χ0n) is 13.4. The Morgan fingerprint density at radius 3 is 2.57 bits per heavy atom. The Kier molecular flexibility index (Phi) is 4.83. The third kappa shape index (κ3) is 3.11. The molecule has 0 radical (unpaired) electrons. The van der Waals surface area contributed by atoms with Crippen LogP contribution in [0.5, 0.6) is 0 Å². The third-order valence-corrected chi connectivity index (χ3v) is 4.02. The number of rotatable bonds is 3. The Morgan fingerprint density at radius 2 is 1.87 bits per heavy atom. The van der Waals surface area contributed by atoms with Gasteiger partial charge in [0.1, 0.15) is 5.82 Å². The van der Waals surface area contributed by atoms with Gasteiger partial charge in [-0.3, -0.25) is 0 Å². The number of nitrogens with zero attached hydrogens (tertiary/aromatic N) is 3. The standard InChI is InChI=1S/C18H20FN3.CH4/c1-11(2)18-16(10-14-6-5-7-15(19)13(14)4)22-17(20-18)9-8-12(3)21-22;/h5-9,11H,10H2,1-4H3;1H4. The summed E-state index contributed by atoms with van der Waals surface area (Å²) in [5, 5.41) is 4.59. The van der Waals surface area contributed by atoms with Gasteiger partial charge >= 0.3 is 0 Å². The summed E-state index contributed by atoms with van der Waals surface area (Å²) in [4.78, 5) is 4.71. The van der Waals surface area contributed by atoms with Gasteiger partial charge in [-0.05, 0) is 49.1 Å². The molecule has 4 heteroatoms. The lowest BCUT2D eigenvalue weighted by Crippen LogP contribution is -2.05. The highest BCUT2D eigenvalue weighted by Gasteiger charge is 2.17. The van der Waals surface area contributed by atoms with Crippen LogP contribution >= 0.6 is 0 Å². The van der Waals surface area contributed by atoms with Crippen molar-refractivity contribution >= 4 is 5.65 Å². The summed E-state index contributed by atoms with van der Waals surface area (Å²) in [6, 6.07) is 9.17. The molecule has 0 saturated carbocycles. The summed E-state index contributed by atoms with van der Waals surface area (Å²) in [5.74, 6) is 0.132. The Balaban J connectivity index is 0.00000192. The van der Waals surface area contributed by atoms with E-state index in [0.29, 0.717) is 17.9 Å². The summed E-state index contributed by atoms with van der Waals surface area (Å²) in [6.45, 7) is 8.03. The summed E-state index contributed by atoms with van der Waals surface area (Å²) in [5.41, 5.74) is 5.53. The molecule has 0 fully saturated rings. The molecule has 0 N–H and O–H groups in total. The zero-order chi connectivity index (χ0) is 15.9. The van der Waals surface area contributed by atoms with Crippen molar-refractivity contribution in [3.8, 4) is 0 Å². The minimum Gasteiger partial charge on any atom is -0.231 e. The molecule has 3 aromatic rings. The van der Waals surface area contributed by atoms with E-state index >= 15 is 0 Å². The van der Waals surface area contributed by atoms with Crippen LogP contribution in [0.2, 0.25) is 0 Å². The third-order valence-electron chi connectivity index (χ3n) is 4.02. The number of aryl methyl sites for hydroxylation is 1. The molecular weight excluding hydrogens is 289 g/mol. The maximum absolute atomic E-state index is 13.8. The second-order valence-corrected chi connectivity index (χ2v) is 6.04. The predicted octanol–water partition coefficient (Wildman–Crippen LogP) is 4.84. The largest absolute Gasteiger partial charge is 0.231 e. The van der Waals surface area contributed by atoms with E-state index in [1.165, 1.54) is 6.07 Å². The fourth-order valence-electron chi connectivity index (χ4n) is 2.74. The number of hydrogen-bond acceptors (Lipinski definition) is 2. The van der Waals surface area contributed by atoms with Gasteiger partial charge in [-0.1, -0.05) is 33.4 Å². The molecule has 1 aromatic carbocycles. The molecule has 0 aliphatic carbocycles. The van der Waals surface area contributed by atoms with Crippen LogP contribution in [0.25, 0.3) is 5.65 Å². The maximum Gasteiger partial charge on any atom is 0.154 e. The van der Waals surface area contributed by atoms with Crippen LogP contribution in [0.15, 0.2) is 30.3 Å². The van der Waals surface area contributed by atoms with Gasteiger partial charge in [0, 0.05) is 6.42 Å². The fraction of sp³-hybridized carbons (Fsp3) is 0.368. The highest BCUT2D eigenvalue weighted by atomic mass is 19.1. The van der Waals surface area contributed by atoms with Crippen molar-refractivity contribution in [1.29, 1.82) is 0 Å². The van der Waals surface area contributed by atoms with Crippen LogP contribution in [-0.4, -0.2) is 14.6 Å². The summed E-state index contributed by atoms with van der Waals surface area (Å²) >= 11 is 0. The molecule has 0 bridgehead atoms. The quantitative estimate of drug-likeness (QED) is 0.693. The van der Waals surface area contributed by atoms with Gasteiger partial charge in [-0.2, -0.15) is 5.10 Å². The molecule has 3 nitrogen and oxygen atoms in total. The summed E-state index contributed by atoms with van der Waals surface area (Å²) in [6.07, 6.45) is 0.634. The molecule has 0 amide bonds. The van der Waals surface area contributed by atoms with Gasteiger partial charge in [-0.15, -0.1) is 0 Å². The molecule has 0 unspecified atom stereocenters. The molecule has 3 rings (SSSR count). The van der Waals surface area contributed by atoms with E-state index in [1.54, 1.807) is 6.07 Å². The van der Waals surface area contributed by atoms with Crippen molar-refractivity contribution < 1.29 is 4.39 Å². The zero-order valence-corrected chi connectivity index (χ0v) is 13.4.